The first-order valence-electron chi connectivity index (χ1n) is 6.98. The van der Waals surface area contributed by atoms with Gasteiger partial charge in [0, 0.05) is 31.3 Å². The maximum absolute atomic E-state index is 12.2. The molecule has 0 spiro atoms. The average Bonchev–Trinajstić information content (AvgIpc) is 3.17. The lowest BCUT2D eigenvalue weighted by atomic mass is 10.3. The number of amides is 2. The summed E-state index contributed by atoms with van der Waals surface area (Å²) in [7, 11) is 0. The van der Waals surface area contributed by atoms with Gasteiger partial charge in [-0.2, -0.15) is 0 Å². The second-order valence-electron chi connectivity index (χ2n) is 4.91. The van der Waals surface area contributed by atoms with Crippen molar-refractivity contribution in [1.82, 2.24) is 9.80 Å². The van der Waals surface area contributed by atoms with E-state index >= 15 is 0 Å². The van der Waals surface area contributed by atoms with Crippen LogP contribution in [0.4, 0.5) is 4.79 Å². The Bertz CT molecular complexity index is 398. The molecule has 112 valence electrons. The van der Waals surface area contributed by atoms with Crippen molar-refractivity contribution in [3.05, 3.63) is 0 Å². The van der Waals surface area contributed by atoms with Crippen LogP contribution in [0.5, 0.6) is 0 Å². The molecule has 2 aliphatic rings. The van der Waals surface area contributed by atoms with Gasteiger partial charge in [0.15, 0.2) is 0 Å². The molecule has 0 N–H and O–H groups in total. The summed E-state index contributed by atoms with van der Waals surface area (Å²) in [6, 6.07) is 0.176. The highest BCUT2D eigenvalue weighted by atomic mass is 32.2. The minimum Gasteiger partial charge on any atom is -0.465 e. The van der Waals surface area contributed by atoms with Crippen LogP contribution in [0.2, 0.25) is 0 Å². The van der Waals surface area contributed by atoms with Crippen molar-refractivity contribution in [2.24, 2.45) is 0 Å². The molecule has 6 nitrogen and oxygen atoms in total. The Morgan fingerprint density at radius 2 is 2.20 bits per heavy atom. The van der Waals surface area contributed by atoms with Gasteiger partial charge in [-0.3, -0.25) is 14.4 Å². The van der Waals surface area contributed by atoms with E-state index in [1.54, 1.807) is 16.7 Å². The van der Waals surface area contributed by atoms with Crippen molar-refractivity contribution in [2.75, 3.05) is 32.0 Å². The van der Waals surface area contributed by atoms with Crippen LogP contribution in [0.15, 0.2) is 0 Å². The predicted molar refractivity (Wildman–Crippen MR) is 75.4 cm³/mol. The van der Waals surface area contributed by atoms with Crippen molar-refractivity contribution in [3.8, 4) is 0 Å². The second kappa shape index (κ2) is 6.97. The summed E-state index contributed by atoms with van der Waals surface area (Å²) in [6.07, 6.45) is 2.18. The fourth-order valence-corrected chi connectivity index (χ4v) is 3.01. The highest BCUT2D eigenvalue weighted by Gasteiger charge is 2.34. The van der Waals surface area contributed by atoms with Crippen LogP contribution in [0, 0.1) is 0 Å². The Labute approximate surface area is 122 Å². The second-order valence-corrected chi connectivity index (χ2v) is 5.96. The molecule has 0 unspecified atom stereocenters. The summed E-state index contributed by atoms with van der Waals surface area (Å²) in [4.78, 5) is 38.5. The van der Waals surface area contributed by atoms with Crippen molar-refractivity contribution in [3.63, 3.8) is 0 Å². The van der Waals surface area contributed by atoms with Gasteiger partial charge < -0.3 is 14.5 Å². The molecule has 0 aromatic rings. The van der Waals surface area contributed by atoms with Gasteiger partial charge in [0.25, 0.3) is 5.24 Å². The van der Waals surface area contributed by atoms with Gasteiger partial charge in [0.2, 0.25) is 5.91 Å². The molecule has 0 atom stereocenters. The summed E-state index contributed by atoms with van der Waals surface area (Å²) in [5.41, 5.74) is 0. The van der Waals surface area contributed by atoms with Crippen LogP contribution in [0.25, 0.3) is 0 Å². The van der Waals surface area contributed by atoms with E-state index in [4.69, 9.17) is 4.74 Å². The number of esters is 1. The normalized spacial score (nSPS) is 18.2. The van der Waals surface area contributed by atoms with Gasteiger partial charge in [0.05, 0.1) is 6.61 Å². The van der Waals surface area contributed by atoms with Gasteiger partial charge in [-0.15, -0.1) is 0 Å². The molecule has 0 aromatic heterocycles. The number of ether oxygens (including phenoxy) is 1. The van der Waals surface area contributed by atoms with Crippen molar-refractivity contribution in [2.45, 2.75) is 32.2 Å². The van der Waals surface area contributed by atoms with Crippen LogP contribution in [-0.4, -0.2) is 65.0 Å². The summed E-state index contributed by atoms with van der Waals surface area (Å²) >= 11 is 1.29. The van der Waals surface area contributed by atoms with E-state index < -0.39 is 0 Å². The molecule has 7 heteroatoms. The number of nitrogens with zero attached hydrogens (tertiary/aromatic N) is 2. The van der Waals surface area contributed by atoms with Crippen LogP contribution >= 0.6 is 11.8 Å². The molecule has 1 aliphatic heterocycles. The number of hydrogen-bond acceptors (Lipinski definition) is 5. The molecular weight excluding hydrogens is 280 g/mol. The third-order valence-corrected chi connectivity index (χ3v) is 4.25. The van der Waals surface area contributed by atoms with Gasteiger partial charge in [-0.05, 0) is 19.8 Å². The van der Waals surface area contributed by atoms with Crippen molar-refractivity contribution < 1.29 is 19.1 Å². The molecular formula is C13H20N2O4S. The quantitative estimate of drug-likeness (QED) is 0.659. The van der Waals surface area contributed by atoms with Crippen LogP contribution in [-0.2, 0) is 14.3 Å². The van der Waals surface area contributed by atoms with Gasteiger partial charge in [-0.1, -0.05) is 11.8 Å². The highest BCUT2D eigenvalue weighted by Crippen LogP contribution is 2.27. The lowest BCUT2D eigenvalue weighted by Gasteiger charge is -2.22. The fourth-order valence-electron chi connectivity index (χ4n) is 2.16. The first-order valence-corrected chi connectivity index (χ1v) is 7.97. The molecule has 20 heavy (non-hydrogen) atoms. The first kappa shape index (κ1) is 15.2. The SMILES string of the molecule is CCOC(=O)CN(C(=O)CCN1CCSC1=O)C1CC1. The predicted octanol–water partition coefficient (Wildman–Crippen LogP) is 1.10. The summed E-state index contributed by atoms with van der Waals surface area (Å²) in [5, 5.41) is 0.0427. The van der Waals surface area contributed by atoms with E-state index in [2.05, 4.69) is 0 Å². The Hall–Kier alpha value is -1.24. The van der Waals surface area contributed by atoms with E-state index in [9.17, 15) is 14.4 Å². The van der Waals surface area contributed by atoms with Crippen LogP contribution in [0.1, 0.15) is 26.2 Å². The van der Waals surface area contributed by atoms with Crippen molar-refractivity contribution in [1.29, 1.82) is 0 Å². The number of thioether (sulfide) groups is 1. The maximum Gasteiger partial charge on any atom is 0.325 e. The summed E-state index contributed by atoms with van der Waals surface area (Å²) < 4.78 is 4.89. The molecule has 2 rings (SSSR count). The summed E-state index contributed by atoms with van der Waals surface area (Å²) in [5.74, 6) is 0.369. The molecule has 1 aliphatic carbocycles. The van der Waals surface area contributed by atoms with Crippen LogP contribution < -0.4 is 0 Å². The molecule has 0 bridgehead atoms. The average molecular weight is 300 g/mol. The third-order valence-electron chi connectivity index (χ3n) is 3.35. The molecule has 1 saturated carbocycles. The number of carbonyl (C=O) groups is 3. The topological polar surface area (TPSA) is 66.9 Å². The zero-order chi connectivity index (χ0) is 14.5. The standard InChI is InChI=1S/C13H20N2O4S/c1-2-19-12(17)9-15(10-3-4-10)11(16)5-6-14-7-8-20-13(14)18/h10H,2-9H2,1H3. The molecule has 0 aromatic carbocycles. The number of rotatable bonds is 7. The number of hydrogen-bond donors (Lipinski definition) is 0. The van der Waals surface area contributed by atoms with E-state index in [0.29, 0.717) is 19.7 Å². The fraction of sp³-hybridized carbons (Fsp3) is 0.769. The number of carbonyl (C=O) groups excluding carboxylic acids is 3. The largest absolute Gasteiger partial charge is 0.465 e. The van der Waals surface area contributed by atoms with Crippen LogP contribution in [0.3, 0.4) is 0 Å². The molecule has 0 radical (unpaired) electrons. The Morgan fingerprint density at radius 3 is 2.75 bits per heavy atom. The summed E-state index contributed by atoms with van der Waals surface area (Å²) in [6.45, 7) is 3.25. The highest BCUT2D eigenvalue weighted by molar-refractivity contribution is 8.13. The smallest absolute Gasteiger partial charge is 0.325 e. The van der Waals surface area contributed by atoms with E-state index in [0.717, 1.165) is 18.6 Å². The third kappa shape index (κ3) is 4.13. The molecule has 2 fully saturated rings. The maximum atomic E-state index is 12.2. The molecule has 1 saturated heterocycles. The first-order chi connectivity index (χ1) is 9.61. The minimum absolute atomic E-state index is 0.0278. The van der Waals surface area contributed by atoms with Gasteiger partial charge in [0.1, 0.15) is 6.54 Å². The van der Waals surface area contributed by atoms with Gasteiger partial charge in [-0.25, -0.2) is 0 Å². The lowest BCUT2D eigenvalue weighted by molar-refractivity contribution is -0.149. The Kier molecular flexibility index (Phi) is 5.28. The Morgan fingerprint density at radius 1 is 1.45 bits per heavy atom. The zero-order valence-electron chi connectivity index (χ0n) is 11.7. The molecule has 2 amide bonds. The van der Waals surface area contributed by atoms with E-state index in [1.807, 2.05) is 0 Å². The minimum atomic E-state index is -0.361. The monoisotopic (exact) mass is 300 g/mol. The molecule has 1 heterocycles. The Balaban J connectivity index is 1.80. The van der Waals surface area contributed by atoms with Crippen molar-refractivity contribution >= 4 is 28.9 Å². The zero-order valence-corrected chi connectivity index (χ0v) is 12.5. The van der Waals surface area contributed by atoms with E-state index in [1.165, 1.54) is 11.8 Å². The lowest BCUT2D eigenvalue weighted by Crippen LogP contribution is -2.40. The van der Waals surface area contributed by atoms with E-state index in [-0.39, 0.29) is 36.1 Å². The van der Waals surface area contributed by atoms with Gasteiger partial charge >= 0.3 is 5.97 Å².